The molecule has 1 aromatic carbocycles. The highest BCUT2D eigenvalue weighted by atomic mass is 14.6. The average Bonchev–Trinajstić information content (AvgIpc) is 2.39. The van der Waals surface area contributed by atoms with Crippen LogP contribution in [0.5, 0.6) is 0 Å². The molecule has 2 aromatic rings. The minimum absolute atomic E-state index is 0.421. The van der Waals surface area contributed by atoms with Gasteiger partial charge in [-0.1, -0.05) is 18.2 Å². The molecule has 2 heteroatoms. The highest BCUT2D eigenvalue weighted by Crippen LogP contribution is 2.33. The maximum absolute atomic E-state index is 5.95. The number of fused-ring (bicyclic) bond motifs is 1. The van der Waals surface area contributed by atoms with Crippen molar-refractivity contribution in [3.05, 3.63) is 42.1 Å². The van der Waals surface area contributed by atoms with Gasteiger partial charge in [0, 0.05) is 17.6 Å². The minimum atomic E-state index is 0.421. The van der Waals surface area contributed by atoms with E-state index in [0.29, 0.717) is 12.0 Å². The molecule has 17 heavy (non-hydrogen) atoms. The van der Waals surface area contributed by atoms with Crippen molar-refractivity contribution in [3.8, 4) is 0 Å². The van der Waals surface area contributed by atoms with E-state index in [2.05, 4.69) is 29.2 Å². The number of nitrogens with zero attached hydrogens (tertiary/aromatic N) is 1. The summed E-state index contributed by atoms with van der Waals surface area (Å²) in [6.45, 7) is 0. The molecular formula is C15H18N2. The monoisotopic (exact) mass is 226 g/mol. The highest BCUT2D eigenvalue weighted by Gasteiger charge is 2.19. The molecule has 1 aromatic heterocycles. The van der Waals surface area contributed by atoms with Crippen molar-refractivity contribution in [2.75, 3.05) is 0 Å². The van der Waals surface area contributed by atoms with Crippen molar-refractivity contribution in [1.29, 1.82) is 0 Å². The third-order valence-electron chi connectivity index (χ3n) is 3.87. The van der Waals surface area contributed by atoms with Crippen LogP contribution in [0, 0.1) is 0 Å². The van der Waals surface area contributed by atoms with Gasteiger partial charge in [0.25, 0.3) is 0 Å². The van der Waals surface area contributed by atoms with Gasteiger partial charge in [0.15, 0.2) is 0 Å². The zero-order chi connectivity index (χ0) is 11.7. The molecular weight excluding hydrogens is 208 g/mol. The first-order chi connectivity index (χ1) is 8.33. The van der Waals surface area contributed by atoms with Crippen LogP contribution in [0.3, 0.4) is 0 Å². The topological polar surface area (TPSA) is 38.9 Å². The predicted octanol–water partition coefficient (Wildman–Crippen LogP) is 3.22. The van der Waals surface area contributed by atoms with Crippen molar-refractivity contribution in [2.24, 2.45) is 5.73 Å². The lowest BCUT2D eigenvalue weighted by molar-refractivity contribution is 0.396. The Balaban J connectivity index is 1.90. The molecule has 0 bridgehead atoms. The average molecular weight is 226 g/mol. The maximum atomic E-state index is 5.95. The van der Waals surface area contributed by atoms with Crippen LogP contribution in [0.4, 0.5) is 0 Å². The summed E-state index contributed by atoms with van der Waals surface area (Å²) in [5.41, 5.74) is 8.50. The van der Waals surface area contributed by atoms with Crippen molar-refractivity contribution < 1.29 is 0 Å². The molecule has 1 aliphatic rings. The molecule has 88 valence electrons. The summed E-state index contributed by atoms with van der Waals surface area (Å²) < 4.78 is 0. The molecule has 0 spiro atoms. The molecule has 1 fully saturated rings. The highest BCUT2D eigenvalue weighted by molar-refractivity contribution is 5.79. The van der Waals surface area contributed by atoms with E-state index in [4.69, 9.17) is 5.73 Å². The Morgan fingerprint density at radius 1 is 1.06 bits per heavy atom. The zero-order valence-corrected chi connectivity index (χ0v) is 9.97. The third-order valence-corrected chi connectivity index (χ3v) is 3.87. The van der Waals surface area contributed by atoms with Gasteiger partial charge in [-0.15, -0.1) is 0 Å². The van der Waals surface area contributed by atoms with E-state index >= 15 is 0 Å². The normalized spacial score (nSPS) is 25.0. The lowest BCUT2D eigenvalue weighted by Gasteiger charge is -2.26. The zero-order valence-electron chi connectivity index (χ0n) is 9.97. The first kappa shape index (κ1) is 10.7. The third kappa shape index (κ3) is 2.18. The van der Waals surface area contributed by atoms with Gasteiger partial charge in [-0.2, -0.15) is 0 Å². The first-order valence-electron chi connectivity index (χ1n) is 6.43. The Bertz CT molecular complexity index is 513. The molecule has 0 amide bonds. The Hall–Kier alpha value is -1.41. The van der Waals surface area contributed by atoms with Crippen molar-refractivity contribution in [2.45, 2.75) is 37.6 Å². The van der Waals surface area contributed by atoms with E-state index in [1.807, 2.05) is 12.3 Å². The van der Waals surface area contributed by atoms with E-state index < -0.39 is 0 Å². The molecule has 0 radical (unpaired) electrons. The molecule has 1 aliphatic carbocycles. The molecule has 1 heterocycles. The van der Waals surface area contributed by atoms with Crippen LogP contribution in [0.1, 0.15) is 37.2 Å². The number of nitrogens with two attached hydrogens (primary N) is 1. The van der Waals surface area contributed by atoms with Gasteiger partial charge >= 0.3 is 0 Å². The number of rotatable bonds is 1. The number of pyridine rings is 1. The van der Waals surface area contributed by atoms with Gasteiger partial charge in [0.05, 0.1) is 5.52 Å². The van der Waals surface area contributed by atoms with Crippen LogP contribution in [-0.2, 0) is 0 Å². The number of benzene rings is 1. The molecule has 0 atom stereocenters. The number of aromatic nitrogens is 1. The van der Waals surface area contributed by atoms with E-state index in [-0.39, 0.29) is 0 Å². The van der Waals surface area contributed by atoms with Crippen LogP contribution in [-0.4, -0.2) is 11.0 Å². The van der Waals surface area contributed by atoms with E-state index in [1.165, 1.54) is 23.8 Å². The van der Waals surface area contributed by atoms with Crippen LogP contribution >= 0.6 is 0 Å². The fraction of sp³-hybridized carbons (Fsp3) is 0.400. The maximum Gasteiger partial charge on any atom is 0.0704 e. The van der Waals surface area contributed by atoms with Crippen LogP contribution < -0.4 is 5.73 Å². The fourth-order valence-corrected chi connectivity index (χ4v) is 2.79. The van der Waals surface area contributed by atoms with Gasteiger partial charge < -0.3 is 5.73 Å². The van der Waals surface area contributed by atoms with E-state index in [9.17, 15) is 0 Å². The predicted molar refractivity (Wildman–Crippen MR) is 70.9 cm³/mol. The molecule has 0 saturated heterocycles. The second-order valence-electron chi connectivity index (χ2n) is 5.07. The molecule has 2 N–H and O–H groups in total. The smallest absolute Gasteiger partial charge is 0.0704 e. The summed E-state index contributed by atoms with van der Waals surface area (Å²) in [7, 11) is 0. The molecule has 1 saturated carbocycles. The second kappa shape index (κ2) is 4.46. The fourth-order valence-electron chi connectivity index (χ4n) is 2.79. The van der Waals surface area contributed by atoms with Gasteiger partial charge in [-0.3, -0.25) is 4.98 Å². The number of hydrogen-bond donors (Lipinski definition) is 1. The lowest BCUT2D eigenvalue weighted by Crippen LogP contribution is -2.25. The molecule has 0 unspecified atom stereocenters. The minimum Gasteiger partial charge on any atom is -0.328 e. The van der Waals surface area contributed by atoms with Gasteiger partial charge in [0.1, 0.15) is 0 Å². The summed E-state index contributed by atoms with van der Waals surface area (Å²) >= 11 is 0. The Kier molecular flexibility index (Phi) is 2.81. The summed E-state index contributed by atoms with van der Waals surface area (Å²) in [6, 6.07) is 11.2. The first-order valence-corrected chi connectivity index (χ1v) is 6.43. The van der Waals surface area contributed by atoms with Crippen molar-refractivity contribution in [1.82, 2.24) is 4.98 Å². The van der Waals surface area contributed by atoms with Crippen LogP contribution in [0.2, 0.25) is 0 Å². The number of hydrogen-bond acceptors (Lipinski definition) is 2. The Morgan fingerprint density at radius 3 is 2.71 bits per heavy atom. The Labute approximate surface area is 102 Å². The molecule has 0 aliphatic heterocycles. The van der Waals surface area contributed by atoms with Gasteiger partial charge in [0.2, 0.25) is 0 Å². The molecule has 2 nitrogen and oxygen atoms in total. The quantitative estimate of drug-likeness (QED) is 0.811. The molecule has 3 rings (SSSR count). The van der Waals surface area contributed by atoms with E-state index in [0.717, 1.165) is 18.4 Å². The van der Waals surface area contributed by atoms with Crippen molar-refractivity contribution in [3.63, 3.8) is 0 Å². The summed E-state index contributed by atoms with van der Waals surface area (Å²) in [4.78, 5) is 4.43. The summed E-state index contributed by atoms with van der Waals surface area (Å²) in [5, 5.41) is 1.23. The summed E-state index contributed by atoms with van der Waals surface area (Å²) in [6.07, 6.45) is 6.62. The van der Waals surface area contributed by atoms with Gasteiger partial charge in [-0.25, -0.2) is 0 Å². The Morgan fingerprint density at radius 2 is 1.88 bits per heavy atom. The second-order valence-corrected chi connectivity index (χ2v) is 5.07. The van der Waals surface area contributed by atoms with Crippen molar-refractivity contribution >= 4 is 10.9 Å². The van der Waals surface area contributed by atoms with Gasteiger partial charge in [-0.05, 0) is 49.3 Å². The standard InChI is InChI=1S/C15H18N2/c16-14-7-5-11(6-8-14)13-4-3-12-2-1-9-17-15(12)10-13/h1-4,9-11,14H,5-8,16H2. The van der Waals surface area contributed by atoms with E-state index in [1.54, 1.807) is 0 Å². The van der Waals surface area contributed by atoms with Crippen LogP contribution in [0.15, 0.2) is 36.5 Å². The summed E-state index contributed by atoms with van der Waals surface area (Å²) in [5.74, 6) is 0.682. The largest absolute Gasteiger partial charge is 0.328 e. The van der Waals surface area contributed by atoms with Crippen LogP contribution in [0.25, 0.3) is 10.9 Å². The SMILES string of the molecule is NC1CCC(c2ccc3cccnc3c2)CC1. The lowest BCUT2D eigenvalue weighted by atomic mass is 9.82.